The number of hydrogen-bond acceptors (Lipinski definition) is 3. The molecule has 0 amide bonds. The Kier molecular flexibility index (Phi) is 3.47. The average Bonchev–Trinajstić information content (AvgIpc) is 2.67. The quantitative estimate of drug-likeness (QED) is 0.697. The van der Waals surface area contributed by atoms with Crippen molar-refractivity contribution in [2.45, 2.75) is 24.6 Å². The molecule has 0 saturated heterocycles. The van der Waals surface area contributed by atoms with E-state index in [0.29, 0.717) is 16.7 Å². The zero-order valence-corrected chi connectivity index (χ0v) is 10.9. The van der Waals surface area contributed by atoms with Crippen LogP contribution in [0.25, 0.3) is 11.1 Å². The predicted molar refractivity (Wildman–Crippen MR) is 68.8 cm³/mol. The van der Waals surface area contributed by atoms with Crippen molar-refractivity contribution in [3.8, 4) is 0 Å². The Bertz CT molecular complexity index is 599. The minimum atomic E-state index is -0.506. The number of Topliss-reactive ketones (excluding diaryl/α,β-unsaturated/α-hetero) is 1. The van der Waals surface area contributed by atoms with Crippen LogP contribution in [-0.2, 0) is 0 Å². The van der Waals surface area contributed by atoms with Gasteiger partial charge >= 0.3 is 5.76 Å². The van der Waals surface area contributed by atoms with Gasteiger partial charge in [0.25, 0.3) is 0 Å². The molecule has 0 saturated carbocycles. The van der Waals surface area contributed by atoms with Gasteiger partial charge < -0.3 is 4.42 Å². The molecule has 90 valence electrons. The summed E-state index contributed by atoms with van der Waals surface area (Å²) in [5, 5.41) is 0. The lowest BCUT2D eigenvalue weighted by Crippen LogP contribution is -2.13. The number of carbonyl (C=O) groups is 1. The van der Waals surface area contributed by atoms with Gasteiger partial charge in [0.15, 0.2) is 11.4 Å². The highest BCUT2D eigenvalue weighted by Gasteiger charge is 2.16. The summed E-state index contributed by atoms with van der Waals surface area (Å²) in [5.74, 6) is -0.494. The number of nitrogens with one attached hydrogen (secondary N) is 1. The number of ketones is 1. The van der Waals surface area contributed by atoms with Crippen LogP contribution < -0.4 is 5.76 Å². The van der Waals surface area contributed by atoms with Crippen LogP contribution in [0.2, 0.25) is 0 Å². The maximum absolute atomic E-state index is 12.0. The molecule has 0 aliphatic carbocycles. The Morgan fingerprint density at radius 2 is 2.29 bits per heavy atom. The van der Waals surface area contributed by atoms with Gasteiger partial charge in [-0.2, -0.15) is 0 Å². The molecule has 0 fully saturated rings. The third-order valence-electron chi connectivity index (χ3n) is 2.53. The first-order valence-electron chi connectivity index (χ1n) is 5.43. The monoisotopic (exact) mass is 297 g/mol. The van der Waals surface area contributed by atoms with Crippen molar-refractivity contribution < 1.29 is 9.21 Å². The topological polar surface area (TPSA) is 63.1 Å². The van der Waals surface area contributed by atoms with Gasteiger partial charge in [0, 0.05) is 5.56 Å². The molecule has 1 atom stereocenters. The summed E-state index contributed by atoms with van der Waals surface area (Å²) in [6.45, 7) is 2.02. The molecule has 1 heterocycles. The van der Waals surface area contributed by atoms with E-state index in [-0.39, 0.29) is 10.6 Å². The van der Waals surface area contributed by atoms with Crippen molar-refractivity contribution in [3.63, 3.8) is 0 Å². The van der Waals surface area contributed by atoms with E-state index in [1.807, 2.05) is 6.92 Å². The van der Waals surface area contributed by atoms with Crippen molar-refractivity contribution in [1.82, 2.24) is 4.98 Å². The van der Waals surface area contributed by atoms with Crippen molar-refractivity contribution >= 4 is 32.8 Å². The molecule has 2 rings (SSSR count). The predicted octanol–water partition coefficient (Wildman–Crippen LogP) is 2.87. The molecule has 1 N–H and O–H groups in total. The number of benzene rings is 1. The van der Waals surface area contributed by atoms with E-state index in [1.54, 1.807) is 18.2 Å². The highest BCUT2D eigenvalue weighted by Crippen LogP contribution is 2.18. The average molecular weight is 298 g/mol. The maximum atomic E-state index is 12.0. The van der Waals surface area contributed by atoms with Crippen LogP contribution in [-0.4, -0.2) is 15.6 Å². The summed E-state index contributed by atoms with van der Waals surface area (Å²) in [6, 6.07) is 4.97. The van der Waals surface area contributed by atoms with Gasteiger partial charge in [-0.1, -0.05) is 29.3 Å². The molecular formula is C12H12BrNO3. The normalized spacial score (nSPS) is 12.8. The fourth-order valence-corrected chi connectivity index (χ4v) is 2.39. The third kappa shape index (κ3) is 2.49. The molecule has 0 spiro atoms. The summed E-state index contributed by atoms with van der Waals surface area (Å²) < 4.78 is 4.92. The second-order valence-corrected chi connectivity index (χ2v) is 4.95. The second kappa shape index (κ2) is 4.87. The number of aromatic nitrogens is 1. The van der Waals surface area contributed by atoms with Crippen LogP contribution in [0.5, 0.6) is 0 Å². The molecule has 0 bridgehead atoms. The number of H-pyrrole nitrogens is 1. The zero-order chi connectivity index (χ0) is 12.4. The van der Waals surface area contributed by atoms with Gasteiger partial charge in [0.1, 0.15) is 0 Å². The number of halogens is 1. The molecule has 5 heteroatoms. The molecule has 17 heavy (non-hydrogen) atoms. The van der Waals surface area contributed by atoms with Crippen molar-refractivity contribution in [2.75, 3.05) is 0 Å². The highest BCUT2D eigenvalue weighted by atomic mass is 79.9. The number of carbonyl (C=O) groups excluding carboxylic acids is 1. The van der Waals surface area contributed by atoms with Gasteiger partial charge in [-0.15, -0.1) is 0 Å². The first kappa shape index (κ1) is 12.1. The van der Waals surface area contributed by atoms with E-state index in [0.717, 1.165) is 12.8 Å². The number of aromatic amines is 1. The minimum absolute atomic E-state index is 0.0117. The van der Waals surface area contributed by atoms with Crippen LogP contribution in [0.1, 0.15) is 30.1 Å². The SMILES string of the molecule is CCCC(Br)C(=O)c1ccc2[nH]c(=O)oc2c1. The number of alkyl halides is 1. The summed E-state index contributed by atoms with van der Waals surface area (Å²) in [6.07, 6.45) is 1.72. The lowest BCUT2D eigenvalue weighted by Gasteiger charge is -2.06. The molecule has 2 aromatic rings. The molecule has 1 aromatic carbocycles. The Labute approximate surface area is 106 Å². The Morgan fingerprint density at radius 3 is 3.00 bits per heavy atom. The van der Waals surface area contributed by atoms with Crippen LogP contribution in [0.4, 0.5) is 0 Å². The largest absolute Gasteiger partial charge is 0.417 e. The van der Waals surface area contributed by atoms with E-state index in [2.05, 4.69) is 20.9 Å². The molecule has 4 nitrogen and oxygen atoms in total. The zero-order valence-electron chi connectivity index (χ0n) is 9.33. The van der Waals surface area contributed by atoms with E-state index in [9.17, 15) is 9.59 Å². The fourth-order valence-electron chi connectivity index (χ4n) is 1.66. The van der Waals surface area contributed by atoms with Crippen molar-refractivity contribution in [1.29, 1.82) is 0 Å². The lowest BCUT2D eigenvalue weighted by molar-refractivity contribution is 0.0988. The van der Waals surface area contributed by atoms with Gasteiger partial charge in [0.2, 0.25) is 0 Å². The first-order valence-corrected chi connectivity index (χ1v) is 6.34. The fraction of sp³-hybridized carbons (Fsp3) is 0.333. The second-order valence-electron chi connectivity index (χ2n) is 3.85. The molecule has 0 aliphatic heterocycles. The Morgan fingerprint density at radius 1 is 1.53 bits per heavy atom. The minimum Gasteiger partial charge on any atom is -0.408 e. The number of fused-ring (bicyclic) bond motifs is 1. The van der Waals surface area contributed by atoms with Crippen LogP contribution in [0.15, 0.2) is 27.4 Å². The van der Waals surface area contributed by atoms with Crippen molar-refractivity contribution in [3.05, 3.63) is 34.3 Å². The van der Waals surface area contributed by atoms with E-state index >= 15 is 0 Å². The van der Waals surface area contributed by atoms with Crippen LogP contribution >= 0.6 is 15.9 Å². The lowest BCUT2D eigenvalue weighted by atomic mass is 10.1. The van der Waals surface area contributed by atoms with Gasteiger partial charge in [-0.05, 0) is 24.6 Å². The van der Waals surface area contributed by atoms with Crippen LogP contribution in [0, 0.1) is 0 Å². The van der Waals surface area contributed by atoms with E-state index in [4.69, 9.17) is 4.42 Å². The Hall–Kier alpha value is -1.36. The summed E-state index contributed by atoms with van der Waals surface area (Å²) in [4.78, 5) is 25.3. The highest BCUT2D eigenvalue weighted by molar-refractivity contribution is 9.10. The molecule has 0 aliphatic rings. The molecule has 0 radical (unpaired) electrons. The summed E-state index contributed by atoms with van der Waals surface area (Å²) >= 11 is 3.36. The Balaban J connectivity index is 2.35. The summed E-state index contributed by atoms with van der Waals surface area (Å²) in [7, 11) is 0. The van der Waals surface area contributed by atoms with E-state index < -0.39 is 5.76 Å². The first-order chi connectivity index (χ1) is 8.11. The standard InChI is InChI=1S/C12H12BrNO3/c1-2-3-8(13)11(15)7-4-5-9-10(6-7)17-12(16)14-9/h4-6,8H,2-3H2,1H3,(H,14,16). The van der Waals surface area contributed by atoms with Gasteiger partial charge in [-0.25, -0.2) is 4.79 Å². The molecular weight excluding hydrogens is 286 g/mol. The van der Waals surface area contributed by atoms with Crippen molar-refractivity contribution in [2.24, 2.45) is 0 Å². The van der Waals surface area contributed by atoms with E-state index in [1.165, 1.54) is 0 Å². The number of hydrogen-bond donors (Lipinski definition) is 1. The number of rotatable bonds is 4. The molecule has 1 unspecified atom stereocenters. The van der Waals surface area contributed by atoms with Gasteiger partial charge in [-0.3, -0.25) is 9.78 Å². The smallest absolute Gasteiger partial charge is 0.408 e. The summed E-state index contributed by atoms with van der Waals surface area (Å²) in [5.41, 5.74) is 1.57. The van der Waals surface area contributed by atoms with Gasteiger partial charge in [0.05, 0.1) is 10.3 Å². The molecule has 1 aromatic heterocycles. The third-order valence-corrected chi connectivity index (χ3v) is 3.41. The number of oxazole rings is 1. The maximum Gasteiger partial charge on any atom is 0.417 e. The van der Waals surface area contributed by atoms with Crippen LogP contribution in [0.3, 0.4) is 0 Å².